The van der Waals surface area contributed by atoms with Gasteiger partial charge in [-0.25, -0.2) is 0 Å². The van der Waals surface area contributed by atoms with Crippen molar-refractivity contribution in [3.8, 4) is 0 Å². The molecule has 0 N–H and O–H groups in total. The molecule has 0 saturated heterocycles. The van der Waals surface area contributed by atoms with Crippen molar-refractivity contribution in [2.75, 3.05) is 0 Å². The Balaban J connectivity index is -0.000000886. The first-order valence-electron chi connectivity index (χ1n) is 22.1. The first-order valence-corrected chi connectivity index (χ1v) is 23.9. The number of hydrogen-bond acceptors (Lipinski definition) is 4. The van der Waals surface area contributed by atoms with Gasteiger partial charge < -0.3 is 19.8 Å². The molecule has 7 heteroatoms. The Hall–Kier alpha value is 1.16. The number of alkyl halides is 2. The van der Waals surface area contributed by atoms with Crippen LogP contribution in [0, 0.1) is 0 Å². The summed E-state index contributed by atoms with van der Waals surface area (Å²) < 4.78 is 0. The summed E-state index contributed by atoms with van der Waals surface area (Å²) in [4.78, 5) is 20.2. The SMILES string of the molecule is CCCCCCCCCCCCCCCCCCCCC(Br)C(=O)[O-].CCCCCCCCCCCCCCCCCCCCC(Br)C(=O)[O-].[Ca+2]. The molecule has 0 heterocycles. The molecular weight excluding hydrogens is 792 g/mol. The molecule has 0 radical (unpaired) electrons. The average Bonchev–Trinajstić information content (AvgIpc) is 3.10. The van der Waals surface area contributed by atoms with Crippen LogP contribution < -0.4 is 10.2 Å². The van der Waals surface area contributed by atoms with Gasteiger partial charge in [-0.2, -0.15) is 0 Å². The standard InChI is InChI=1S/2C22H43BrO2.Ca/c2*1-2-3-4-5-6-7-8-9-10-11-12-13-14-15-16-17-18-19-20-21(23)22(24)25;/h2*21H,2-20H2,1H3,(H,24,25);/q;;+2/p-2. The van der Waals surface area contributed by atoms with Gasteiger partial charge in [0.05, 0.1) is 21.6 Å². The number of aliphatic carboxylic acids is 2. The summed E-state index contributed by atoms with van der Waals surface area (Å²) in [5.41, 5.74) is 0. The molecule has 0 aliphatic carbocycles. The fraction of sp³-hybridized carbons (Fsp3) is 0.955. The van der Waals surface area contributed by atoms with Crippen LogP contribution in [0.5, 0.6) is 0 Å². The van der Waals surface area contributed by atoms with Gasteiger partial charge >= 0.3 is 37.7 Å². The average molecular weight is 877 g/mol. The molecule has 300 valence electrons. The molecule has 0 aliphatic rings. The van der Waals surface area contributed by atoms with E-state index in [4.69, 9.17) is 0 Å². The maximum absolute atomic E-state index is 10.6. The molecule has 0 bridgehead atoms. The Morgan fingerprint density at radius 1 is 0.333 bits per heavy atom. The van der Waals surface area contributed by atoms with Crippen LogP contribution in [-0.4, -0.2) is 59.3 Å². The first-order chi connectivity index (χ1) is 24.4. The van der Waals surface area contributed by atoms with E-state index in [9.17, 15) is 19.8 Å². The van der Waals surface area contributed by atoms with Crippen molar-refractivity contribution in [1.82, 2.24) is 0 Å². The fourth-order valence-electron chi connectivity index (χ4n) is 6.69. The van der Waals surface area contributed by atoms with Gasteiger partial charge in [0.25, 0.3) is 0 Å². The summed E-state index contributed by atoms with van der Waals surface area (Å²) in [7, 11) is 0. The van der Waals surface area contributed by atoms with E-state index in [0.29, 0.717) is 12.8 Å². The quantitative estimate of drug-likeness (QED) is 0.0349. The van der Waals surface area contributed by atoms with Gasteiger partial charge in [0.1, 0.15) is 0 Å². The molecule has 0 fully saturated rings. The van der Waals surface area contributed by atoms with Crippen molar-refractivity contribution in [2.45, 2.75) is 267 Å². The summed E-state index contributed by atoms with van der Waals surface area (Å²) in [6.07, 6.45) is 50.3. The fourth-order valence-corrected chi connectivity index (χ4v) is 7.33. The summed E-state index contributed by atoms with van der Waals surface area (Å²) in [6, 6.07) is 0. The molecule has 2 atom stereocenters. The summed E-state index contributed by atoms with van der Waals surface area (Å²) in [5, 5.41) is 21.1. The number of carboxylic acid groups (broad SMARTS) is 2. The summed E-state index contributed by atoms with van der Waals surface area (Å²) >= 11 is 6.26. The minimum atomic E-state index is -0.980. The van der Waals surface area contributed by atoms with E-state index in [1.54, 1.807) is 0 Å². The molecular formula is C44H84Br2CaO4. The molecule has 0 spiro atoms. The Bertz CT molecular complexity index is 626. The van der Waals surface area contributed by atoms with Crippen LogP contribution in [0.1, 0.15) is 258 Å². The van der Waals surface area contributed by atoms with Crippen molar-refractivity contribution < 1.29 is 19.8 Å². The number of carbonyl (C=O) groups excluding carboxylic acids is 2. The summed E-state index contributed by atoms with van der Waals surface area (Å²) in [6.45, 7) is 4.56. The van der Waals surface area contributed by atoms with Gasteiger partial charge in [-0.05, 0) is 12.8 Å². The third kappa shape index (κ3) is 51.2. The van der Waals surface area contributed by atoms with E-state index in [1.807, 2.05) is 0 Å². The van der Waals surface area contributed by atoms with Crippen LogP contribution in [0.25, 0.3) is 0 Å². The molecule has 51 heavy (non-hydrogen) atoms. The van der Waals surface area contributed by atoms with Gasteiger partial charge in [0.15, 0.2) is 0 Å². The van der Waals surface area contributed by atoms with Crippen LogP contribution in [0.3, 0.4) is 0 Å². The molecule has 0 aliphatic heterocycles. The van der Waals surface area contributed by atoms with Gasteiger partial charge in [-0.1, -0.05) is 277 Å². The van der Waals surface area contributed by atoms with Gasteiger partial charge in [-0.3, -0.25) is 0 Å². The zero-order valence-electron chi connectivity index (χ0n) is 34.1. The second-order valence-corrected chi connectivity index (χ2v) is 17.4. The first kappa shape index (κ1) is 56.5. The van der Waals surface area contributed by atoms with Crippen LogP contribution >= 0.6 is 31.9 Å². The number of halogens is 2. The monoisotopic (exact) mass is 874 g/mol. The third-order valence-corrected chi connectivity index (χ3v) is 11.8. The number of hydrogen-bond donors (Lipinski definition) is 0. The van der Waals surface area contributed by atoms with E-state index in [-0.39, 0.29) is 37.7 Å². The number of unbranched alkanes of at least 4 members (excludes halogenated alkanes) is 34. The molecule has 2 unspecified atom stereocenters. The molecule has 0 aromatic heterocycles. The Labute approximate surface area is 365 Å². The van der Waals surface area contributed by atoms with E-state index < -0.39 is 21.6 Å². The van der Waals surface area contributed by atoms with Crippen molar-refractivity contribution in [3.63, 3.8) is 0 Å². The van der Waals surface area contributed by atoms with Crippen molar-refractivity contribution in [2.24, 2.45) is 0 Å². The maximum atomic E-state index is 10.6. The zero-order chi connectivity index (χ0) is 37.2. The number of carboxylic acids is 2. The van der Waals surface area contributed by atoms with Crippen LogP contribution in [0.4, 0.5) is 0 Å². The minimum Gasteiger partial charge on any atom is -0.549 e. The second kappa shape index (κ2) is 49.2. The summed E-state index contributed by atoms with van der Waals surface area (Å²) in [5.74, 6) is -1.96. The topological polar surface area (TPSA) is 80.3 Å². The Morgan fingerprint density at radius 2 is 0.471 bits per heavy atom. The third-order valence-electron chi connectivity index (χ3n) is 10.1. The smallest absolute Gasteiger partial charge is 0.549 e. The number of rotatable bonds is 40. The van der Waals surface area contributed by atoms with Gasteiger partial charge in [0, 0.05) is 0 Å². The Morgan fingerprint density at radius 3 is 0.608 bits per heavy atom. The van der Waals surface area contributed by atoms with E-state index >= 15 is 0 Å². The molecule has 0 amide bonds. The van der Waals surface area contributed by atoms with Crippen LogP contribution in [0.2, 0.25) is 0 Å². The Kier molecular flexibility index (Phi) is 54.5. The maximum Gasteiger partial charge on any atom is 2.00 e. The van der Waals surface area contributed by atoms with E-state index in [1.165, 1.54) is 205 Å². The van der Waals surface area contributed by atoms with E-state index in [0.717, 1.165) is 25.7 Å². The van der Waals surface area contributed by atoms with Gasteiger partial charge in [0.2, 0.25) is 0 Å². The predicted molar refractivity (Wildman–Crippen MR) is 228 cm³/mol. The molecule has 0 aromatic rings. The van der Waals surface area contributed by atoms with Crippen LogP contribution in [0.15, 0.2) is 0 Å². The molecule has 0 rings (SSSR count). The molecule has 4 nitrogen and oxygen atoms in total. The van der Waals surface area contributed by atoms with Gasteiger partial charge in [-0.15, -0.1) is 0 Å². The zero-order valence-corrected chi connectivity index (χ0v) is 39.5. The number of carbonyl (C=O) groups is 2. The molecule has 0 aromatic carbocycles. The van der Waals surface area contributed by atoms with Crippen molar-refractivity contribution in [1.29, 1.82) is 0 Å². The van der Waals surface area contributed by atoms with Crippen LogP contribution in [-0.2, 0) is 9.59 Å². The minimum absolute atomic E-state index is 0. The van der Waals surface area contributed by atoms with E-state index in [2.05, 4.69) is 45.7 Å². The van der Waals surface area contributed by atoms with Crippen molar-refractivity contribution >= 4 is 81.5 Å². The largest absolute Gasteiger partial charge is 2.00 e. The van der Waals surface area contributed by atoms with Crippen molar-refractivity contribution in [3.05, 3.63) is 0 Å². The molecule has 0 saturated carbocycles. The second-order valence-electron chi connectivity index (χ2n) is 15.2. The predicted octanol–water partition coefficient (Wildman–Crippen LogP) is 13.5. The normalized spacial score (nSPS) is 12.2.